The molecule has 2 heterocycles. The molecule has 15 heteroatoms. The Labute approximate surface area is 298 Å². The molecule has 1 amide bonds. The van der Waals surface area contributed by atoms with Gasteiger partial charge in [-0.1, -0.05) is 64.2 Å². The molecule has 15 atom stereocenters. The van der Waals surface area contributed by atoms with Crippen molar-refractivity contribution < 1.29 is 68.8 Å². The number of hydrogen-bond acceptors (Lipinski definition) is 14. The van der Waals surface area contributed by atoms with E-state index in [2.05, 4.69) is 0 Å². The molecule has 0 aromatic heterocycles. The number of aliphatic hydroxyl groups excluding tert-OH is 5. The van der Waals surface area contributed by atoms with E-state index in [9.17, 15) is 40.3 Å². The second kappa shape index (κ2) is 18.2. The van der Waals surface area contributed by atoms with Gasteiger partial charge in [-0.05, 0) is 56.1 Å². The zero-order valence-corrected chi connectivity index (χ0v) is 29.4. The van der Waals surface area contributed by atoms with Crippen LogP contribution in [0, 0.1) is 17.8 Å². The Hall–Kier alpha value is -2.28. The molecule has 2 aliphatic carbocycles. The minimum Gasteiger partial charge on any atom is -0.450 e. The topological polar surface area (TPSA) is 223 Å². The van der Waals surface area contributed by atoms with Gasteiger partial charge >= 0.3 is 5.97 Å². The summed E-state index contributed by atoms with van der Waals surface area (Å²) in [6.07, 6.45) is -10.4. The first-order valence-corrected chi connectivity index (χ1v) is 18.2. The first-order chi connectivity index (χ1) is 24.4. The Morgan fingerprint density at radius 2 is 1.55 bits per heavy atom. The first-order valence-electron chi connectivity index (χ1n) is 18.2. The minimum atomic E-state index is -1.58. The van der Waals surface area contributed by atoms with E-state index in [1.54, 1.807) is 42.7 Å². The average molecular weight is 726 g/mol. The predicted molar refractivity (Wildman–Crippen MR) is 177 cm³/mol. The maximum atomic E-state index is 13.5. The molecule has 7 N–H and O–H groups in total. The van der Waals surface area contributed by atoms with Crippen molar-refractivity contribution in [2.45, 2.75) is 152 Å². The lowest BCUT2D eigenvalue weighted by atomic mass is 9.79. The summed E-state index contributed by atoms with van der Waals surface area (Å²) >= 11 is 0. The molecule has 288 valence electrons. The van der Waals surface area contributed by atoms with Crippen LogP contribution in [0.4, 0.5) is 0 Å². The van der Waals surface area contributed by atoms with E-state index in [-0.39, 0.29) is 29.7 Å². The van der Waals surface area contributed by atoms with Gasteiger partial charge in [0, 0.05) is 0 Å². The number of esters is 1. The summed E-state index contributed by atoms with van der Waals surface area (Å²) in [6, 6.07) is 8.14. The molecule has 4 aliphatic rings. The van der Waals surface area contributed by atoms with Gasteiger partial charge in [0.1, 0.15) is 42.7 Å². The zero-order chi connectivity index (χ0) is 36.8. The molecule has 1 aromatic rings. The normalized spacial score (nSPS) is 39.9. The van der Waals surface area contributed by atoms with Crippen LogP contribution < -0.4 is 5.48 Å². The molecule has 15 nitrogen and oxygen atoms in total. The van der Waals surface area contributed by atoms with Gasteiger partial charge in [-0.3, -0.25) is 10.0 Å². The molecule has 0 bridgehead atoms. The number of benzene rings is 1. The SMILES string of the molecule is C[C@@H]1C[C@H](C)[C@@H](OC2O[C@@H](C)[C@@H](O)[C@@H](O)[C@@H]2O)[C@H](O[C@@H]2O[C@H](CO)[C@H](O)[C@H](O[C@@H](CC3CCCCC3)C(=O)NO)[C@H]2OC(=O)c2ccccc2)C1. The van der Waals surface area contributed by atoms with Crippen LogP contribution in [-0.4, -0.2) is 129 Å². The summed E-state index contributed by atoms with van der Waals surface area (Å²) in [5.74, 6) is -1.54. The lowest BCUT2D eigenvalue weighted by Gasteiger charge is -2.48. The Bertz CT molecular complexity index is 1250. The number of hydrogen-bond donors (Lipinski definition) is 7. The number of amides is 1. The molecular formula is C36H55NO14. The van der Waals surface area contributed by atoms with Crippen LogP contribution in [0.5, 0.6) is 0 Å². The van der Waals surface area contributed by atoms with Crippen molar-refractivity contribution >= 4 is 11.9 Å². The van der Waals surface area contributed by atoms with Crippen LogP contribution in [-0.2, 0) is 33.2 Å². The molecule has 0 spiro atoms. The van der Waals surface area contributed by atoms with Crippen molar-refractivity contribution in [3.05, 3.63) is 35.9 Å². The highest BCUT2D eigenvalue weighted by Crippen LogP contribution is 2.39. The highest BCUT2D eigenvalue weighted by Gasteiger charge is 2.53. The summed E-state index contributed by atoms with van der Waals surface area (Å²) in [5.41, 5.74) is 1.86. The summed E-state index contributed by atoms with van der Waals surface area (Å²) < 4.78 is 37.0. The van der Waals surface area contributed by atoms with Crippen LogP contribution in [0.3, 0.4) is 0 Å². The molecule has 4 fully saturated rings. The Balaban J connectivity index is 1.45. The van der Waals surface area contributed by atoms with Gasteiger partial charge in [0.15, 0.2) is 18.7 Å². The summed E-state index contributed by atoms with van der Waals surface area (Å²) in [4.78, 5) is 26.5. The van der Waals surface area contributed by atoms with E-state index in [0.29, 0.717) is 6.42 Å². The fourth-order valence-corrected chi connectivity index (χ4v) is 7.98. The average Bonchev–Trinajstić information content (AvgIpc) is 3.13. The highest BCUT2D eigenvalue weighted by atomic mass is 16.7. The molecule has 51 heavy (non-hydrogen) atoms. The van der Waals surface area contributed by atoms with Crippen molar-refractivity contribution in [2.75, 3.05) is 6.61 Å². The number of hydroxylamine groups is 1. The third-order valence-electron chi connectivity index (χ3n) is 10.8. The van der Waals surface area contributed by atoms with Gasteiger partial charge in [0.25, 0.3) is 5.91 Å². The summed E-state index contributed by atoms with van der Waals surface area (Å²) in [5, 5.41) is 62.9. The maximum absolute atomic E-state index is 13.5. The monoisotopic (exact) mass is 725 g/mol. The van der Waals surface area contributed by atoms with Crippen molar-refractivity contribution in [3.63, 3.8) is 0 Å². The van der Waals surface area contributed by atoms with E-state index < -0.39 is 98.2 Å². The molecule has 1 aromatic carbocycles. The molecule has 5 rings (SSSR count). The second-order valence-corrected chi connectivity index (χ2v) is 14.8. The molecule has 0 radical (unpaired) electrons. The third-order valence-corrected chi connectivity index (χ3v) is 10.8. The van der Waals surface area contributed by atoms with Gasteiger partial charge < -0.3 is 54.0 Å². The summed E-state index contributed by atoms with van der Waals surface area (Å²) in [6.45, 7) is 4.85. The standard InChI is InChI=1S/C36H55NO14/c1-18-14-19(2)30(51-35-29(42)28(41)26(39)20(3)46-35)23(15-18)48-36-32(50-34(44)22-12-8-5-9-13-22)31(27(40)25(17-38)49-36)47-24(33(43)37-45)16-21-10-6-4-7-11-21/h5,8-9,12-13,18-21,23-32,35-36,38-42,45H,4,6-7,10-11,14-17H2,1-3H3,(H,37,43)/t18-,19+,20+,23-,24+,25-,26-,27+,28-,29+,30-,31+,32-,35?,36-/m1/s1. The van der Waals surface area contributed by atoms with Gasteiger partial charge in [-0.25, -0.2) is 10.3 Å². The predicted octanol–water partition coefficient (Wildman–Crippen LogP) is 1.18. The number of nitrogens with one attached hydrogen (secondary N) is 1. The Morgan fingerprint density at radius 1 is 0.843 bits per heavy atom. The molecular weight excluding hydrogens is 670 g/mol. The van der Waals surface area contributed by atoms with E-state index in [1.165, 1.54) is 0 Å². The molecule has 2 saturated heterocycles. The zero-order valence-electron chi connectivity index (χ0n) is 29.4. The second-order valence-electron chi connectivity index (χ2n) is 14.8. The smallest absolute Gasteiger partial charge is 0.338 e. The summed E-state index contributed by atoms with van der Waals surface area (Å²) in [7, 11) is 0. The van der Waals surface area contributed by atoms with Crippen LogP contribution in [0.2, 0.25) is 0 Å². The number of carbonyl (C=O) groups is 2. The van der Waals surface area contributed by atoms with Gasteiger partial charge in [0.05, 0.1) is 30.5 Å². The van der Waals surface area contributed by atoms with E-state index in [0.717, 1.165) is 38.5 Å². The molecule has 1 unspecified atom stereocenters. The van der Waals surface area contributed by atoms with Crippen LogP contribution in [0.1, 0.15) is 82.5 Å². The largest absolute Gasteiger partial charge is 0.450 e. The number of carbonyl (C=O) groups excluding carboxylic acids is 2. The quantitative estimate of drug-likeness (QED) is 0.0914. The maximum Gasteiger partial charge on any atom is 0.338 e. The van der Waals surface area contributed by atoms with Crippen LogP contribution >= 0.6 is 0 Å². The fraction of sp³-hybridized carbons (Fsp3) is 0.778. The molecule has 2 saturated carbocycles. The van der Waals surface area contributed by atoms with Crippen molar-refractivity contribution in [3.8, 4) is 0 Å². The first kappa shape index (κ1) is 39.9. The number of aliphatic hydroxyl groups is 5. The van der Waals surface area contributed by atoms with E-state index in [1.807, 2.05) is 13.8 Å². The minimum absolute atomic E-state index is 0.117. The van der Waals surface area contributed by atoms with E-state index >= 15 is 0 Å². The fourth-order valence-electron chi connectivity index (χ4n) is 7.98. The third kappa shape index (κ3) is 9.64. The van der Waals surface area contributed by atoms with Crippen molar-refractivity contribution in [1.82, 2.24) is 5.48 Å². The lowest BCUT2D eigenvalue weighted by molar-refractivity contribution is -0.349. The van der Waals surface area contributed by atoms with Crippen molar-refractivity contribution in [2.24, 2.45) is 17.8 Å². The Kier molecular flexibility index (Phi) is 14.2. The van der Waals surface area contributed by atoms with Crippen LogP contribution in [0.15, 0.2) is 30.3 Å². The highest BCUT2D eigenvalue weighted by molar-refractivity contribution is 5.89. The van der Waals surface area contributed by atoms with Crippen molar-refractivity contribution in [1.29, 1.82) is 0 Å². The van der Waals surface area contributed by atoms with Gasteiger partial charge in [0.2, 0.25) is 0 Å². The Morgan fingerprint density at radius 3 is 2.22 bits per heavy atom. The van der Waals surface area contributed by atoms with Crippen LogP contribution in [0.25, 0.3) is 0 Å². The van der Waals surface area contributed by atoms with E-state index in [4.69, 9.17) is 28.4 Å². The number of rotatable bonds is 12. The lowest BCUT2D eigenvalue weighted by Crippen LogP contribution is -2.64. The molecule has 2 aliphatic heterocycles. The van der Waals surface area contributed by atoms with Gasteiger partial charge in [-0.15, -0.1) is 0 Å². The number of ether oxygens (including phenoxy) is 6. The van der Waals surface area contributed by atoms with Gasteiger partial charge in [-0.2, -0.15) is 0 Å².